The summed E-state index contributed by atoms with van der Waals surface area (Å²) in [6, 6.07) is 8.31. The van der Waals surface area contributed by atoms with Gasteiger partial charge in [-0.15, -0.1) is 0 Å². The molecule has 0 radical (unpaired) electrons. The van der Waals surface area contributed by atoms with Crippen LogP contribution >= 0.6 is 39.1 Å². The molecule has 0 fully saturated rings. The maximum Gasteiger partial charge on any atom is 0.261 e. The van der Waals surface area contributed by atoms with Gasteiger partial charge in [0, 0.05) is 10.2 Å². The normalized spacial score (nSPS) is 10.3. The first-order chi connectivity index (χ1) is 9.95. The number of nitrogens with one attached hydrogen (secondary N) is 1. The van der Waals surface area contributed by atoms with E-state index in [0.717, 1.165) is 0 Å². The van der Waals surface area contributed by atoms with Crippen LogP contribution in [0.2, 0.25) is 10.0 Å². The van der Waals surface area contributed by atoms with Crippen LogP contribution in [0.15, 0.2) is 34.8 Å². The molecule has 0 unspecified atom stereocenters. The summed E-state index contributed by atoms with van der Waals surface area (Å²) in [5, 5.41) is 3.24. The SMILES string of the molecule is COc1cccc(N)c1C(=O)Nc1ccc(Br)c(Cl)c1Cl. The van der Waals surface area contributed by atoms with Gasteiger partial charge in [0.2, 0.25) is 0 Å². The van der Waals surface area contributed by atoms with Gasteiger partial charge < -0.3 is 15.8 Å². The predicted octanol–water partition coefficient (Wildman–Crippen LogP) is 4.60. The molecule has 1 amide bonds. The average molecular weight is 390 g/mol. The molecule has 21 heavy (non-hydrogen) atoms. The number of ether oxygens (including phenoxy) is 1. The molecule has 4 nitrogen and oxygen atoms in total. The standard InChI is InChI=1S/C14H11BrCl2N2O2/c1-21-10-4-2-3-8(18)11(10)14(20)19-9-6-5-7(15)12(16)13(9)17/h2-6H,18H2,1H3,(H,19,20). The van der Waals surface area contributed by atoms with Crippen molar-refractivity contribution in [1.82, 2.24) is 0 Å². The van der Waals surface area contributed by atoms with E-state index in [1.807, 2.05) is 0 Å². The first-order valence-corrected chi connectivity index (χ1v) is 7.38. The molecule has 3 N–H and O–H groups in total. The van der Waals surface area contributed by atoms with Crippen LogP contribution in [0.4, 0.5) is 11.4 Å². The summed E-state index contributed by atoms with van der Waals surface area (Å²) >= 11 is 15.4. The molecule has 0 bridgehead atoms. The number of anilines is 2. The monoisotopic (exact) mass is 388 g/mol. The Labute approximate surface area is 140 Å². The molecule has 2 aromatic rings. The highest BCUT2D eigenvalue weighted by atomic mass is 79.9. The molecule has 0 heterocycles. The smallest absolute Gasteiger partial charge is 0.261 e. The summed E-state index contributed by atoms with van der Waals surface area (Å²) in [5.41, 5.74) is 6.78. The van der Waals surface area contributed by atoms with Gasteiger partial charge in [-0.3, -0.25) is 4.79 Å². The van der Waals surface area contributed by atoms with Crippen LogP contribution in [-0.4, -0.2) is 13.0 Å². The lowest BCUT2D eigenvalue weighted by Crippen LogP contribution is -2.15. The molecule has 0 aliphatic heterocycles. The number of nitrogen functional groups attached to an aromatic ring is 1. The highest BCUT2D eigenvalue weighted by molar-refractivity contribution is 9.10. The second-order valence-corrected chi connectivity index (χ2v) is 5.71. The van der Waals surface area contributed by atoms with Crippen molar-refractivity contribution in [2.24, 2.45) is 0 Å². The topological polar surface area (TPSA) is 64.3 Å². The lowest BCUT2D eigenvalue weighted by molar-refractivity contribution is 0.102. The van der Waals surface area contributed by atoms with Gasteiger partial charge in [0.25, 0.3) is 5.91 Å². The van der Waals surface area contributed by atoms with E-state index in [0.29, 0.717) is 26.6 Å². The summed E-state index contributed by atoms with van der Waals surface area (Å²) in [7, 11) is 1.47. The van der Waals surface area contributed by atoms with E-state index in [1.54, 1.807) is 30.3 Å². The van der Waals surface area contributed by atoms with Crippen molar-refractivity contribution in [3.63, 3.8) is 0 Å². The van der Waals surface area contributed by atoms with Gasteiger partial charge in [-0.05, 0) is 40.2 Å². The first-order valence-electron chi connectivity index (χ1n) is 5.83. The summed E-state index contributed by atoms with van der Waals surface area (Å²) in [6.07, 6.45) is 0. The lowest BCUT2D eigenvalue weighted by atomic mass is 10.1. The number of hydrogen-bond donors (Lipinski definition) is 2. The zero-order valence-electron chi connectivity index (χ0n) is 10.9. The van der Waals surface area contributed by atoms with E-state index in [9.17, 15) is 4.79 Å². The highest BCUT2D eigenvalue weighted by Gasteiger charge is 2.18. The Bertz CT molecular complexity index is 708. The maximum absolute atomic E-state index is 12.4. The average Bonchev–Trinajstić information content (AvgIpc) is 2.47. The van der Waals surface area contributed by atoms with E-state index < -0.39 is 5.91 Å². The fourth-order valence-electron chi connectivity index (χ4n) is 1.77. The Balaban J connectivity index is 2.38. The predicted molar refractivity (Wildman–Crippen MR) is 89.5 cm³/mol. The number of carbonyl (C=O) groups is 1. The number of carbonyl (C=O) groups excluding carboxylic acids is 1. The fraction of sp³-hybridized carbons (Fsp3) is 0.0714. The van der Waals surface area contributed by atoms with Crippen LogP contribution in [0, 0.1) is 0 Å². The molecule has 2 rings (SSSR count). The summed E-state index contributed by atoms with van der Waals surface area (Å²) in [5.74, 6) is -0.0444. The maximum atomic E-state index is 12.4. The van der Waals surface area contributed by atoms with Gasteiger partial charge in [0.05, 0.1) is 22.8 Å². The van der Waals surface area contributed by atoms with E-state index >= 15 is 0 Å². The second kappa shape index (κ2) is 6.56. The van der Waals surface area contributed by atoms with Gasteiger partial charge in [-0.1, -0.05) is 29.3 Å². The summed E-state index contributed by atoms with van der Waals surface area (Å²) in [6.45, 7) is 0. The van der Waals surface area contributed by atoms with E-state index in [1.165, 1.54) is 7.11 Å². The van der Waals surface area contributed by atoms with Crippen molar-refractivity contribution >= 4 is 56.4 Å². The third kappa shape index (κ3) is 3.26. The third-order valence-corrected chi connectivity index (χ3v) is 4.56. The van der Waals surface area contributed by atoms with Crippen LogP contribution in [0.25, 0.3) is 0 Å². The molecule has 110 valence electrons. The van der Waals surface area contributed by atoms with Gasteiger partial charge in [-0.25, -0.2) is 0 Å². The fourth-order valence-corrected chi connectivity index (χ4v) is 2.59. The molecule has 0 aliphatic carbocycles. The third-order valence-electron chi connectivity index (χ3n) is 2.79. The van der Waals surface area contributed by atoms with Crippen LogP contribution in [0.1, 0.15) is 10.4 Å². The van der Waals surface area contributed by atoms with Crippen LogP contribution < -0.4 is 15.8 Å². The largest absolute Gasteiger partial charge is 0.496 e. The lowest BCUT2D eigenvalue weighted by Gasteiger charge is -2.13. The first kappa shape index (κ1) is 15.9. The number of amides is 1. The Morgan fingerprint density at radius 3 is 2.62 bits per heavy atom. The molecule has 0 aliphatic rings. The minimum absolute atomic E-state index is 0.243. The number of halogens is 3. The van der Waals surface area contributed by atoms with E-state index in [2.05, 4.69) is 21.2 Å². The number of methoxy groups -OCH3 is 1. The van der Waals surface area contributed by atoms with E-state index in [4.69, 9.17) is 33.7 Å². The molecule has 0 saturated carbocycles. The minimum atomic E-state index is -0.426. The number of benzene rings is 2. The molecular formula is C14H11BrCl2N2O2. The molecule has 0 spiro atoms. The van der Waals surface area contributed by atoms with Crippen LogP contribution in [0.3, 0.4) is 0 Å². The van der Waals surface area contributed by atoms with Crippen molar-refractivity contribution in [1.29, 1.82) is 0 Å². The Kier molecular flexibility index (Phi) is 4.98. The van der Waals surface area contributed by atoms with Gasteiger partial charge >= 0.3 is 0 Å². The van der Waals surface area contributed by atoms with Gasteiger partial charge in [0.1, 0.15) is 11.3 Å². The van der Waals surface area contributed by atoms with Gasteiger partial charge in [0.15, 0.2) is 0 Å². The highest BCUT2D eigenvalue weighted by Crippen LogP contribution is 2.36. The zero-order chi connectivity index (χ0) is 15.6. The summed E-state index contributed by atoms with van der Waals surface area (Å²) < 4.78 is 5.79. The van der Waals surface area contributed by atoms with E-state index in [-0.39, 0.29) is 10.6 Å². The molecule has 0 saturated heterocycles. The minimum Gasteiger partial charge on any atom is -0.496 e. The number of nitrogens with two attached hydrogens (primary N) is 1. The van der Waals surface area contributed by atoms with Crippen LogP contribution in [0.5, 0.6) is 5.75 Å². The van der Waals surface area contributed by atoms with Crippen molar-refractivity contribution in [2.45, 2.75) is 0 Å². The quantitative estimate of drug-likeness (QED) is 0.595. The Hall–Kier alpha value is -1.43. The Morgan fingerprint density at radius 2 is 1.95 bits per heavy atom. The molecule has 0 atom stereocenters. The van der Waals surface area contributed by atoms with Crippen molar-refractivity contribution in [3.05, 3.63) is 50.4 Å². The number of rotatable bonds is 3. The summed E-state index contributed by atoms with van der Waals surface area (Å²) in [4.78, 5) is 12.4. The molecule has 2 aromatic carbocycles. The van der Waals surface area contributed by atoms with Gasteiger partial charge in [-0.2, -0.15) is 0 Å². The second-order valence-electron chi connectivity index (χ2n) is 4.10. The van der Waals surface area contributed by atoms with Crippen molar-refractivity contribution in [2.75, 3.05) is 18.2 Å². The Morgan fingerprint density at radius 1 is 1.24 bits per heavy atom. The molecular weight excluding hydrogens is 379 g/mol. The molecule has 0 aromatic heterocycles. The van der Waals surface area contributed by atoms with Crippen molar-refractivity contribution < 1.29 is 9.53 Å². The van der Waals surface area contributed by atoms with Crippen LogP contribution in [-0.2, 0) is 0 Å². The molecule has 7 heteroatoms. The van der Waals surface area contributed by atoms with Crippen molar-refractivity contribution in [3.8, 4) is 5.75 Å². The zero-order valence-corrected chi connectivity index (χ0v) is 14.0. The number of hydrogen-bond acceptors (Lipinski definition) is 3.